The number of rotatable bonds is 3. The summed E-state index contributed by atoms with van der Waals surface area (Å²) in [5, 5.41) is 25.8. The van der Waals surface area contributed by atoms with Crippen LogP contribution >= 0.6 is 11.6 Å². The van der Waals surface area contributed by atoms with E-state index in [1.807, 2.05) is 0 Å². The first kappa shape index (κ1) is 23.8. The van der Waals surface area contributed by atoms with Gasteiger partial charge in [-0.15, -0.1) is 17.4 Å². The van der Waals surface area contributed by atoms with Crippen LogP contribution in [0, 0.1) is 6.92 Å². The Hall–Kier alpha value is -3.92. The van der Waals surface area contributed by atoms with Crippen molar-refractivity contribution in [2.45, 2.75) is 31.2 Å². The molecule has 3 aromatic rings. The van der Waals surface area contributed by atoms with Crippen molar-refractivity contribution < 1.29 is 34.1 Å². The average molecular weight is 513 g/mol. The van der Waals surface area contributed by atoms with Gasteiger partial charge in [0.05, 0.1) is 42.1 Å². The summed E-state index contributed by atoms with van der Waals surface area (Å²) in [6, 6.07) is 4.35. The third-order valence-electron chi connectivity index (χ3n) is 6.89. The number of methoxy groups -OCH3 is 2. The number of nitrogens with zero attached hydrogens (tertiary/aromatic N) is 1. The molecule has 36 heavy (non-hydrogen) atoms. The van der Waals surface area contributed by atoms with E-state index in [0.717, 1.165) is 0 Å². The summed E-state index contributed by atoms with van der Waals surface area (Å²) in [7, 11) is 2.61. The number of phenols is 1. The maximum atomic E-state index is 13.7. The van der Waals surface area contributed by atoms with Gasteiger partial charge >= 0.3 is 5.97 Å². The van der Waals surface area contributed by atoms with Crippen molar-refractivity contribution in [3.63, 3.8) is 0 Å². The van der Waals surface area contributed by atoms with Crippen LogP contribution in [0.2, 0.25) is 0 Å². The highest BCUT2D eigenvalue weighted by Crippen LogP contribution is 2.47. The van der Waals surface area contributed by atoms with Crippen LogP contribution in [0.4, 0.5) is 11.4 Å². The van der Waals surface area contributed by atoms with Gasteiger partial charge in [0.2, 0.25) is 5.78 Å². The summed E-state index contributed by atoms with van der Waals surface area (Å²) in [5.41, 5.74) is 0.318. The van der Waals surface area contributed by atoms with Crippen LogP contribution in [0.15, 0.2) is 18.2 Å². The van der Waals surface area contributed by atoms with Crippen LogP contribution in [0.1, 0.15) is 38.9 Å². The van der Waals surface area contributed by atoms with Gasteiger partial charge in [-0.25, -0.2) is 4.79 Å². The van der Waals surface area contributed by atoms with Crippen molar-refractivity contribution in [3.05, 3.63) is 40.6 Å². The van der Waals surface area contributed by atoms with E-state index < -0.39 is 28.6 Å². The van der Waals surface area contributed by atoms with Gasteiger partial charge in [-0.05, 0) is 37.5 Å². The quantitative estimate of drug-likeness (QED) is 0.210. The van der Waals surface area contributed by atoms with Crippen molar-refractivity contribution >= 4 is 51.5 Å². The van der Waals surface area contributed by atoms with E-state index in [4.69, 9.17) is 21.1 Å². The molecule has 1 aromatic heterocycles. The van der Waals surface area contributed by atoms with Gasteiger partial charge in [-0.3, -0.25) is 9.59 Å². The summed E-state index contributed by atoms with van der Waals surface area (Å²) >= 11 is 6.54. The van der Waals surface area contributed by atoms with E-state index in [2.05, 4.69) is 10.3 Å². The number of fused-ring (bicyclic) bond motifs is 4. The molecule has 0 saturated heterocycles. The maximum Gasteiger partial charge on any atom is 0.339 e. The highest BCUT2D eigenvalue weighted by molar-refractivity contribution is 6.27. The van der Waals surface area contributed by atoms with E-state index in [1.165, 1.54) is 38.2 Å². The lowest BCUT2D eigenvalue weighted by atomic mass is 9.88. The fraction of sp³-hybridized carbons (Fsp3) is 0.320. The number of carbonyl (C=O) groups is 3. The second kappa shape index (κ2) is 8.06. The van der Waals surface area contributed by atoms with Gasteiger partial charge in [0, 0.05) is 18.0 Å². The number of ether oxygens (including phenoxy) is 2. The number of aromatic hydroxyl groups is 1. The van der Waals surface area contributed by atoms with E-state index >= 15 is 0 Å². The number of anilines is 2. The van der Waals surface area contributed by atoms with Crippen molar-refractivity contribution in [1.82, 2.24) is 4.98 Å². The van der Waals surface area contributed by atoms with Gasteiger partial charge in [-0.2, -0.15) is 0 Å². The van der Waals surface area contributed by atoms with Crippen LogP contribution in [0.3, 0.4) is 0 Å². The van der Waals surface area contributed by atoms with Gasteiger partial charge < -0.3 is 34.9 Å². The Bertz CT molecular complexity index is 1480. The van der Waals surface area contributed by atoms with Gasteiger partial charge in [0.1, 0.15) is 17.2 Å². The number of esters is 1. The van der Waals surface area contributed by atoms with E-state index in [1.54, 1.807) is 13.0 Å². The Morgan fingerprint density at radius 3 is 2.67 bits per heavy atom. The molecule has 2 aromatic carbocycles. The summed E-state index contributed by atoms with van der Waals surface area (Å²) in [5.74, 6) is -2.02. The number of phenolic OH excluding ortho intramolecular Hbond substituents is 1. The average Bonchev–Trinajstić information content (AvgIpc) is 3.38. The van der Waals surface area contributed by atoms with E-state index in [9.17, 15) is 24.6 Å². The smallest absolute Gasteiger partial charge is 0.339 e. The Morgan fingerprint density at radius 1 is 1.28 bits per heavy atom. The molecule has 188 valence electrons. The third-order valence-corrected chi connectivity index (χ3v) is 7.18. The number of aromatic amines is 1. The molecule has 2 aliphatic heterocycles. The topological polar surface area (TPSA) is 144 Å². The molecule has 10 nitrogen and oxygen atoms in total. The molecule has 3 heterocycles. The highest BCUT2D eigenvalue weighted by atomic mass is 35.5. The molecule has 11 heteroatoms. The minimum absolute atomic E-state index is 0.0959. The van der Waals surface area contributed by atoms with Gasteiger partial charge in [0.15, 0.2) is 5.54 Å². The van der Waals surface area contributed by atoms with Crippen LogP contribution in [0.25, 0.3) is 10.9 Å². The predicted molar refractivity (Wildman–Crippen MR) is 131 cm³/mol. The lowest BCUT2D eigenvalue weighted by Crippen LogP contribution is -2.47. The zero-order chi connectivity index (χ0) is 26.1. The van der Waals surface area contributed by atoms with Crippen LogP contribution < -0.4 is 20.1 Å². The number of aromatic nitrogens is 1. The molecule has 0 radical (unpaired) electrons. The lowest BCUT2D eigenvalue weighted by Gasteiger charge is -2.33. The molecule has 0 spiro atoms. The minimum atomic E-state index is -1.72. The number of alkyl halides is 1. The largest absolute Gasteiger partial charge is 0.872 e. The number of nitrogens with one attached hydrogen (secondary N) is 2. The Kier molecular flexibility index (Phi) is 5.33. The molecule has 0 fully saturated rings. The fourth-order valence-corrected chi connectivity index (χ4v) is 5.33. The Labute approximate surface area is 210 Å². The molecular weight excluding hydrogens is 490 g/mol. The Balaban J connectivity index is 1.63. The molecule has 5 rings (SSSR count). The zero-order valence-corrected chi connectivity index (χ0v) is 20.7. The van der Waals surface area contributed by atoms with Gasteiger partial charge in [0.25, 0.3) is 5.91 Å². The first-order chi connectivity index (χ1) is 17.0. The minimum Gasteiger partial charge on any atom is -0.872 e. The van der Waals surface area contributed by atoms with Crippen molar-refractivity contribution in [2.24, 2.45) is 0 Å². The van der Waals surface area contributed by atoms with E-state index in [0.29, 0.717) is 33.5 Å². The number of hydrogen-bond donors (Lipinski definition) is 3. The zero-order valence-electron chi connectivity index (χ0n) is 19.9. The van der Waals surface area contributed by atoms with Gasteiger partial charge in [-0.1, -0.05) is 6.07 Å². The van der Waals surface area contributed by atoms with Crippen molar-refractivity contribution in [2.75, 3.05) is 31.0 Å². The number of amides is 1. The first-order valence-electron chi connectivity index (χ1n) is 11.1. The molecule has 0 unspecified atom stereocenters. The monoisotopic (exact) mass is 512 g/mol. The first-order valence-corrected chi connectivity index (χ1v) is 11.6. The normalized spacial score (nSPS) is 20.6. The summed E-state index contributed by atoms with van der Waals surface area (Å²) in [6.07, 6.45) is 0.243. The molecule has 2 aliphatic rings. The number of hydrogen-bond acceptors (Lipinski definition) is 8. The molecular formula is C25H23ClN3O7-. The Morgan fingerprint density at radius 2 is 2.00 bits per heavy atom. The van der Waals surface area contributed by atoms with Crippen LogP contribution in [-0.2, 0) is 16.0 Å². The molecule has 2 atom stereocenters. The summed E-state index contributed by atoms with van der Waals surface area (Å²) in [4.78, 5) is 43.9. The van der Waals surface area contributed by atoms with Crippen LogP contribution in [0.5, 0.6) is 17.2 Å². The lowest BCUT2D eigenvalue weighted by molar-refractivity contribution is -0.269. The molecule has 0 saturated carbocycles. The third kappa shape index (κ3) is 3.21. The number of ketones is 1. The van der Waals surface area contributed by atoms with Crippen LogP contribution in [-0.4, -0.2) is 59.4 Å². The molecule has 1 amide bonds. The summed E-state index contributed by atoms with van der Waals surface area (Å²) < 4.78 is 10.2. The van der Waals surface area contributed by atoms with E-state index in [-0.39, 0.29) is 41.4 Å². The number of Topliss-reactive ketones (excluding diaryl/α,β-unsaturated/α-hetero) is 1. The van der Waals surface area contributed by atoms with Crippen molar-refractivity contribution in [3.8, 4) is 17.2 Å². The second-order valence-electron chi connectivity index (χ2n) is 9.11. The van der Waals surface area contributed by atoms with Crippen molar-refractivity contribution in [1.29, 1.82) is 0 Å². The fourth-order valence-electron chi connectivity index (χ4n) is 5.04. The number of halogens is 1. The SMILES string of the molecule is COC(=O)[C@]1(C)Nc2c(O)cc3c(c2C1=O)C[C@H](Cl)CN3C(=O)c1cc2cc([O-])c(C)c(OC)c2[nH]1. The standard InChI is InChI=1S/C25H24ClN3O7/c1-10-16(30)6-11-5-14(27-19(11)21(10)35-3)23(33)29-9-12(26)7-13-15(29)8-17(31)20-18(13)22(32)25(2,28-20)24(34)36-4/h5-6,8,12,27-28,30-31H,7,9H2,1-4H3/p-1/t12-,25+/m0/s1. The molecule has 0 aliphatic carbocycles. The predicted octanol–water partition coefficient (Wildman–Crippen LogP) is 2.61. The number of H-pyrrole nitrogens is 1. The highest BCUT2D eigenvalue weighted by Gasteiger charge is 2.52. The number of carbonyl (C=O) groups excluding carboxylic acids is 3. The molecule has 0 bridgehead atoms. The second-order valence-corrected chi connectivity index (χ2v) is 9.73. The summed E-state index contributed by atoms with van der Waals surface area (Å²) in [6.45, 7) is 3.12. The maximum absolute atomic E-state index is 13.7. The number of benzene rings is 2. The molecule has 3 N–H and O–H groups in total.